The number of fused-ring (bicyclic) bond motifs is 1. The zero-order valence-corrected chi connectivity index (χ0v) is 15.4. The van der Waals surface area contributed by atoms with Crippen LogP contribution >= 0.6 is 0 Å². The Balaban J connectivity index is 1.45. The summed E-state index contributed by atoms with van der Waals surface area (Å²) in [5.41, 5.74) is 1.24. The predicted octanol–water partition coefficient (Wildman–Crippen LogP) is 1.59. The fraction of sp³-hybridized carbons (Fsp3) is 0.550. The lowest BCUT2D eigenvalue weighted by Crippen LogP contribution is -2.48. The molecular weight excluding hydrogens is 330 g/mol. The molecule has 1 aromatic rings. The van der Waals surface area contributed by atoms with E-state index in [0.29, 0.717) is 18.2 Å². The Kier molecular flexibility index (Phi) is 6.04. The molecule has 140 valence electrons. The third-order valence-corrected chi connectivity index (χ3v) is 5.32. The third-order valence-electron chi connectivity index (χ3n) is 5.32. The Morgan fingerprint density at radius 1 is 1.23 bits per heavy atom. The number of nitrogens with one attached hydrogen (secondary N) is 1. The van der Waals surface area contributed by atoms with E-state index in [4.69, 9.17) is 0 Å². The van der Waals surface area contributed by atoms with Crippen LogP contribution in [0.25, 0.3) is 0 Å². The van der Waals surface area contributed by atoms with Crippen LogP contribution in [-0.4, -0.2) is 59.7 Å². The third kappa shape index (κ3) is 4.30. The van der Waals surface area contributed by atoms with Crippen LogP contribution in [0.2, 0.25) is 0 Å². The molecule has 3 amide bonds. The number of likely N-dealkylation sites (tertiary alicyclic amines) is 1. The van der Waals surface area contributed by atoms with E-state index in [0.717, 1.165) is 30.0 Å². The summed E-state index contributed by atoms with van der Waals surface area (Å²) in [6, 6.07) is 7.68. The lowest BCUT2D eigenvalue weighted by Gasteiger charge is -2.33. The number of nitrogens with zero attached hydrogens (tertiary/aromatic N) is 2. The van der Waals surface area contributed by atoms with Crippen molar-refractivity contribution < 1.29 is 14.4 Å². The molecule has 1 N–H and O–H groups in total. The van der Waals surface area contributed by atoms with Crippen LogP contribution in [0.1, 0.15) is 48.5 Å². The number of carbonyl (C=O) groups excluding carboxylic acids is 3. The van der Waals surface area contributed by atoms with Gasteiger partial charge in [0.1, 0.15) is 6.54 Å². The number of imide groups is 1. The number of piperidine rings is 1. The summed E-state index contributed by atoms with van der Waals surface area (Å²) in [5, 5.41) is 2.84. The average Bonchev–Trinajstić information content (AvgIpc) is 2.63. The van der Waals surface area contributed by atoms with Gasteiger partial charge in [-0.1, -0.05) is 24.6 Å². The zero-order valence-electron chi connectivity index (χ0n) is 15.4. The van der Waals surface area contributed by atoms with Crippen LogP contribution in [0.5, 0.6) is 0 Å². The van der Waals surface area contributed by atoms with Gasteiger partial charge in [-0.2, -0.15) is 0 Å². The summed E-state index contributed by atoms with van der Waals surface area (Å²) in [7, 11) is 0. The summed E-state index contributed by atoms with van der Waals surface area (Å²) in [5.74, 6) is -0.974. The zero-order chi connectivity index (χ0) is 18.5. The van der Waals surface area contributed by atoms with E-state index >= 15 is 0 Å². The van der Waals surface area contributed by atoms with Gasteiger partial charge in [-0.05, 0) is 44.4 Å². The van der Waals surface area contributed by atoms with Gasteiger partial charge in [-0.25, -0.2) is 0 Å². The van der Waals surface area contributed by atoms with Gasteiger partial charge in [0.05, 0.1) is 6.42 Å². The molecule has 0 aliphatic carbocycles. The second-order valence-electron chi connectivity index (χ2n) is 7.20. The molecule has 0 aromatic heterocycles. The van der Waals surface area contributed by atoms with Crippen molar-refractivity contribution in [2.45, 2.75) is 45.1 Å². The van der Waals surface area contributed by atoms with Crippen LogP contribution in [-0.2, 0) is 16.0 Å². The Morgan fingerprint density at radius 2 is 2.04 bits per heavy atom. The van der Waals surface area contributed by atoms with E-state index in [1.54, 1.807) is 18.2 Å². The van der Waals surface area contributed by atoms with Crippen LogP contribution in [0.4, 0.5) is 0 Å². The summed E-state index contributed by atoms with van der Waals surface area (Å²) in [4.78, 5) is 40.3. The molecule has 26 heavy (non-hydrogen) atoms. The highest BCUT2D eigenvalue weighted by Gasteiger charge is 2.31. The summed E-state index contributed by atoms with van der Waals surface area (Å²) < 4.78 is 0. The van der Waals surface area contributed by atoms with Crippen molar-refractivity contribution in [3.05, 3.63) is 35.4 Å². The molecule has 0 radical (unpaired) electrons. The molecular formula is C20H27N3O3. The van der Waals surface area contributed by atoms with E-state index in [1.165, 1.54) is 19.3 Å². The highest BCUT2D eigenvalue weighted by Crippen LogP contribution is 2.19. The minimum absolute atomic E-state index is 0.169. The second kappa shape index (κ2) is 8.45. The van der Waals surface area contributed by atoms with Crippen molar-refractivity contribution in [2.75, 3.05) is 26.2 Å². The molecule has 0 bridgehead atoms. The summed E-state index contributed by atoms with van der Waals surface area (Å²) in [6.07, 6.45) is 4.84. The van der Waals surface area contributed by atoms with Crippen LogP contribution in [0, 0.1) is 0 Å². The highest BCUT2D eigenvalue weighted by molar-refractivity contribution is 6.11. The van der Waals surface area contributed by atoms with Gasteiger partial charge in [0.2, 0.25) is 11.8 Å². The largest absolute Gasteiger partial charge is 0.354 e. The molecule has 2 heterocycles. The number of rotatable bonds is 6. The first-order chi connectivity index (χ1) is 12.6. The molecule has 0 unspecified atom stereocenters. The maximum atomic E-state index is 12.5. The molecule has 1 aromatic carbocycles. The summed E-state index contributed by atoms with van der Waals surface area (Å²) >= 11 is 0. The Hall–Kier alpha value is -2.21. The molecule has 1 saturated heterocycles. The molecule has 6 heteroatoms. The predicted molar refractivity (Wildman–Crippen MR) is 98.7 cm³/mol. The molecule has 1 fully saturated rings. The highest BCUT2D eigenvalue weighted by atomic mass is 16.2. The van der Waals surface area contributed by atoms with Gasteiger partial charge >= 0.3 is 0 Å². The normalized spacial score (nSPS) is 20.8. The van der Waals surface area contributed by atoms with E-state index in [2.05, 4.69) is 17.1 Å². The Bertz CT molecular complexity index is 689. The monoisotopic (exact) mass is 357 g/mol. The number of benzene rings is 1. The molecule has 1 atom stereocenters. The number of hydrogen-bond donors (Lipinski definition) is 1. The van der Waals surface area contributed by atoms with Gasteiger partial charge < -0.3 is 10.2 Å². The topological polar surface area (TPSA) is 69.7 Å². The molecule has 2 aliphatic rings. The molecule has 3 rings (SSSR count). The van der Waals surface area contributed by atoms with Crippen LogP contribution in [0.15, 0.2) is 24.3 Å². The SMILES string of the molecule is C[C@H]1CCCCN1CCCNC(=O)CN1C(=O)Cc2ccccc2C1=O. The smallest absolute Gasteiger partial charge is 0.261 e. The lowest BCUT2D eigenvalue weighted by atomic mass is 9.98. The maximum absolute atomic E-state index is 12.5. The fourth-order valence-corrected chi connectivity index (χ4v) is 3.76. The number of carbonyl (C=O) groups is 3. The minimum Gasteiger partial charge on any atom is -0.354 e. The maximum Gasteiger partial charge on any atom is 0.261 e. The van der Waals surface area contributed by atoms with Gasteiger partial charge in [0.25, 0.3) is 5.91 Å². The minimum atomic E-state index is -0.380. The van der Waals surface area contributed by atoms with Gasteiger partial charge in [0, 0.05) is 24.7 Å². The Morgan fingerprint density at radius 3 is 2.85 bits per heavy atom. The van der Waals surface area contributed by atoms with Gasteiger partial charge in [0.15, 0.2) is 0 Å². The first-order valence-electron chi connectivity index (χ1n) is 9.49. The van der Waals surface area contributed by atoms with E-state index in [-0.39, 0.29) is 30.7 Å². The van der Waals surface area contributed by atoms with Crippen molar-refractivity contribution in [1.82, 2.24) is 15.1 Å². The average molecular weight is 357 g/mol. The van der Waals surface area contributed by atoms with Crippen molar-refractivity contribution in [3.63, 3.8) is 0 Å². The molecule has 0 spiro atoms. The standard InChI is InChI=1S/C20H27N3O3/c1-15-7-4-5-11-22(15)12-6-10-21-18(24)14-23-19(25)13-16-8-2-3-9-17(16)20(23)26/h2-3,8-9,15H,4-7,10-14H2,1H3,(H,21,24)/t15-/m0/s1. The molecule has 2 aliphatic heterocycles. The van der Waals surface area contributed by atoms with Crippen molar-refractivity contribution in [1.29, 1.82) is 0 Å². The van der Waals surface area contributed by atoms with Crippen molar-refractivity contribution >= 4 is 17.7 Å². The first kappa shape index (κ1) is 18.6. The fourth-order valence-electron chi connectivity index (χ4n) is 3.76. The van der Waals surface area contributed by atoms with Gasteiger partial charge in [-0.3, -0.25) is 19.3 Å². The first-order valence-corrected chi connectivity index (χ1v) is 9.49. The van der Waals surface area contributed by atoms with Gasteiger partial charge in [-0.15, -0.1) is 0 Å². The Labute approximate surface area is 154 Å². The quantitative estimate of drug-likeness (QED) is 0.620. The van der Waals surface area contributed by atoms with Crippen molar-refractivity contribution in [2.24, 2.45) is 0 Å². The number of amides is 3. The van der Waals surface area contributed by atoms with Crippen molar-refractivity contribution in [3.8, 4) is 0 Å². The summed E-state index contributed by atoms with van der Waals surface area (Å²) in [6.45, 7) is 4.71. The van der Waals surface area contributed by atoms with Crippen LogP contribution < -0.4 is 5.32 Å². The van der Waals surface area contributed by atoms with E-state index in [1.807, 2.05) is 6.07 Å². The lowest BCUT2D eigenvalue weighted by molar-refractivity contribution is -0.133. The van der Waals surface area contributed by atoms with E-state index < -0.39 is 0 Å². The molecule has 0 saturated carbocycles. The second-order valence-corrected chi connectivity index (χ2v) is 7.20. The van der Waals surface area contributed by atoms with E-state index in [9.17, 15) is 14.4 Å². The molecule has 6 nitrogen and oxygen atoms in total. The number of hydrogen-bond acceptors (Lipinski definition) is 4. The van der Waals surface area contributed by atoms with Crippen LogP contribution in [0.3, 0.4) is 0 Å².